The average Bonchev–Trinajstić information content (AvgIpc) is 2.89. The topological polar surface area (TPSA) is 26.8 Å². The van der Waals surface area contributed by atoms with Crippen molar-refractivity contribution in [3.05, 3.63) is 65.2 Å². The Hall–Kier alpha value is -2.33. The lowest BCUT2D eigenvalue weighted by molar-refractivity contribution is 0.0761. The summed E-state index contributed by atoms with van der Waals surface area (Å²) in [5.41, 5.74) is 4.56. The van der Waals surface area contributed by atoms with Crippen molar-refractivity contribution in [1.29, 1.82) is 0 Å². The Balaban J connectivity index is 1.64. The van der Waals surface area contributed by atoms with E-state index in [1.807, 2.05) is 48.2 Å². The zero-order valence-corrected chi connectivity index (χ0v) is 16.1. The molecule has 0 bridgehead atoms. The van der Waals surface area contributed by atoms with E-state index >= 15 is 0 Å². The molecule has 2 aromatic rings. The molecule has 0 atom stereocenters. The van der Waals surface area contributed by atoms with Gasteiger partial charge in [-0.25, -0.2) is 0 Å². The van der Waals surface area contributed by atoms with Gasteiger partial charge in [0.1, 0.15) is 0 Å². The summed E-state index contributed by atoms with van der Waals surface area (Å²) in [6.07, 6.45) is 1.02. The Morgan fingerprint density at radius 1 is 1.00 bits per heavy atom. The molecule has 1 heterocycles. The van der Waals surface area contributed by atoms with Crippen LogP contribution in [-0.2, 0) is 6.54 Å². The number of anilines is 1. The molecule has 1 aliphatic heterocycles. The number of carbonyl (C=O) groups excluding carboxylic acids is 1. The van der Waals surface area contributed by atoms with Gasteiger partial charge in [-0.2, -0.15) is 0 Å². The molecular weight excluding hydrogens is 322 g/mol. The van der Waals surface area contributed by atoms with Crippen LogP contribution in [-0.4, -0.2) is 56.0 Å². The van der Waals surface area contributed by atoms with Crippen LogP contribution in [0.3, 0.4) is 0 Å². The highest BCUT2D eigenvalue weighted by Crippen LogP contribution is 2.17. The summed E-state index contributed by atoms with van der Waals surface area (Å²) in [6.45, 7) is 6.71. The molecule has 1 aliphatic rings. The molecule has 0 unspecified atom stereocenters. The van der Waals surface area contributed by atoms with Crippen molar-refractivity contribution in [1.82, 2.24) is 9.80 Å². The van der Waals surface area contributed by atoms with Gasteiger partial charge in [0.05, 0.1) is 0 Å². The summed E-state index contributed by atoms with van der Waals surface area (Å²) in [4.78, 5) is 19.4. The maximum atomic E-state index is 12.9. The second-order valence-corrected chi connectivity index (χ2v) is 7.29. The van der Waals surface area contributed by atoms with Crippen molar-refractivity contribution in [2.75, 3.05) is 45.2 Å². The van der Waals surface area contributed by atoms with Crippen molar-refractivity contribution in [3.8, 4) is 0 Å². The fourth-order valence-electron chi connectivity index (χ4n) is 3.46. The Bertz CT molecular complexity index is 757. The highest BCUT2D eigenvalue weighted by atomic mass is 16.2. The normalized spacial score (nSPS) is 15.6. The minimum absolute atomic E-state index is 0.145. The van der Waals surface area contributed by atoms with Crippen LogP contribution in [0.5, 0.6) is 0 Å². The number of benzene rings is 2. The van der Waals surface area contributed by atoms with Gasteiger partial charge >= 0.3 is 0 Å². The van der Waals surface area contributed by atoms with E-state index in [9.17, 15) is 4.79 Å². The quantitative estimate of drug-likeness (QED) is 0.845. The molecule has 2 aromatic carbocycles. The largest absolute Gasteiger partial charge is 0.378 e. The Morgan fingerprint density at radius 3 is 2.58 bits per heavy atom. The monoisotopic (exact) mass is 351 g/mol. The van der Waals surface area contributed by atoms with Gasteiger partial charge in [0.25, 0.3) is 5.91 Å². The van der Waals surface area contributed by atoms with Gasteiger partial charge in [-0.05, 0) is 42.7 Å². The number of amides is 1. The standard InChI is InChI=1S/C22H29N3O/c1-18-8-4-5-9-20(18)17-24-12-7-13-25(15-14-24)22(26)19-10-6-11-21(16-19)23(2)3/h4-6,8-11,16H,7,12-15,17H2,1-3H3. The molecule has 1 amide bonds. The third-order valence-electron chi connectivity index (χ3n) is 5.14. The number of hydrogen-bond acceptors (Lipinski definition) is 3. The molecule has 4 heteroatoms. The molecule has 1 fully saturated rings. The van der Waals surface area contributed by atoms with Crippen molar-refractivity contribution in [2.24, 2.45) is 0 Å². The van der Waals surface area contributed by atoms with Gasteiger partial charge in [-0.15, -0.1) is 0 Å². The van der Waals surface area contributed by atoms with Gasteiger partial charge in [-0.3, -0.25) is 9.69 Å². The molecule has 4 nitrogen and oxygen atoms in total. The number of nitrogens with zero attached hydrogens (tertiary/aromatic N) is 3. The van der Waals surface area contributed by atoms with Gasteiger partial charge in [0.15, 0.2) is 0 Å². The van der Waals surface area contributed by atoms with Gasteiger partial charge < -0.3 is 9.80 Å². The van der Waals surface area contributed by atoms with E-state index in [0.29, 0.717) is 0 Å². The van der Waals surface area contributed by atoms with E-state index in [4.69, 9.17) is 0 Å². The number of aryl methyl sites for hydroxylation is 1. The Kier molecular flexibility index (Phi) is 5.94. The van der Waals surface area contributed by atoms with E-state index in [-0.39, 0.29) is 5.91 Å². The van der Waals surface area contributed by atoms with Crippen molar-refractivity contribution in [3.63, 3.8) is 0 Å². The van der Waals surface area contributed by atoms with Crippen molar-refractivity contribution < 1.29 is 4.79 Å². The lowest BCUT2D eigenvalue weighted by Crippen LogP contribution is -2.35. The predicted molar refractivity (Wildman–Crippen MR) is 108 cm³/mol. The predicted octanol–water partition coefficient (Wildman–Crippen LogP) is 3.41. The summed E-state index contributed by atoms with van der Waals surface area (Å²) in [6, 6.07) is 16.5. The Labute approximate surface area is 157 Å². The molecule has 0 aromatic heterocycles. The first-order chi connectivity index (χ1) is 12.5. The van der Waals surface area contributed by atoms with Gasteiger partial charge in [0.2, 0.25) is 0 Å². The molecule has 0 aliphatic carbocycles. The maximum Gasteiger partial charge on any atom is 0.253 e. The number of rotatable bonds is 4. The van der Waals surface area contributed by atoms with Crippen molar-refractivity contribution >= 4 is 11.6 Å². The molecule has 0 spiro atoms. The van der Waals surface area contributed by atoms with E-state index in [2.05, 4.69) is 36.1 Å². The molecule has 0 radical (unpaired) electrons. The van der Waals surface area contributed by atoms with Gasteiger partial charge in [-0.1, -0.05) is 30.3 Å². The molecule has 0 saturated carbocycles. The molecular formula is C22H29N3O. The first-order valence-corrected chi connectivity index (χ1v) is 9.38. The first kappa shape index (κ1) is 18.5. The zero-order chi connectivity index (χ0) is 18.5. The zero-order valence-electron chi connectivity index (χ0n) is 16.1. The van der Waals surface area contributed by atoms with Crippen LogP contribution in [0.2, 0.25) is 0 Å². The number of carbonyl (C=O) groups is 1. The lowest BCUT2D eigenvalue weighted by Gasteiger charge is -2.23. The average molecular weight is 351 g/mol. The molecule has 0 N–H and O–H groups in total. The molecule has 3 rings (SSSR count). The third-order valence-corrected chi connectivity index (χ3v) is 5.14. The van der Waals surface area contributed by atoms with Crippen LogP contribution in [0.4, 0.5) is 5.69 Å². The van der Waals surface area contributed by atoms with Crippen LogP contribution in [0, 0.1) is 6.92 Å². The highest BCUT2D eigenvalue weighted by molar-refractivity contribution is 5.95. The van der Waals surface area contributed by atoms with Crippen molar-refractivity contribution in [2.45, 2.75) is 19.9 Å². The summed E-state index contributed by atoms with van der Waals surface area (Å²) < 4.78 is 0. The Morgan fingerprint density at radius 2 is 1.81 bits per heavy atom. The van der Waals surface area contributed by atoms with Crippen LogP contribution in [0.1, 0.15) is 27.9 Å². The third kappa shape index (κ3) is 4.44. The SMILES string of the molecule is Cc1ccccc1CN1CCCN(C(=O)c2cccc(N(C)C)c2)CC1. The first-order valence-electron chi connectivity index (χ1n) is 9.38. The smallest absolute Gasteiger partial charge is 0.253 e. The minimum Gasteiger partial charge on any atom is -0.378 e. The highest BCUT2D eigenvalue weighted by Gasteiger charge is 2.21. The van der Waals surface area contributed by atoms with Crippen LogP contribution in [0.15, 0.2) is 48.5 Å². The molecule has 26 heavy (non-hydrogen) atoms. The minimum atomic E-state index is 0.145. The summed E-state index contributed by atoms with van der Waals surface area (Å²) in [7, 11) is 4.00. The van der Waals surface area contributed by atoms with Crippen LogP contribution < -0.4 is 4.90 Å². The summed E-state index contributed by atoms with van der Waals surface area (Å²) in [5.74, 6) is 0.145. The summed E-state index contributed by atoms with van der Waals surface area (Å²) in [5, 5.41) is 0. The molecule has 138 valence electrons. The van der Waals surface area contributed by atoms with E-state index in [1.54, 1.807) is 0 Å². The maximum absolute atomic E-state index is 12.9. The van der Waals surface area contributed by atoms with Crippen LogP contribution in [0.25, 0.3) is 0 Å². The second kappa shape index (κ2) is 8.37. The van der Waals surface area contributed by atoms with Gasteiger partial charge in [0, 0.05) is 58.1 Å². The summed E-state index contributed by atoms with van der Waals surface area (Å²) >= 11 is 0. The lowest BCUT2D eigenvalue weighted by atomic mass is 10.1. The van der Waals surface area contributed by atoms with E-state index in [0.717, 1.165) is 50.4 Å². The fourth-order valence-corrected chi connectivity index (χ4v) is 3.46. The van der Waals surface area contributed by atoms with Crippen LogP contribution >= 0.6 is 0 Å². The molecule has 1 saturated heterocycles. The number of hydrogen-bond donors (Lipinski definition) is 0. The second-order valence-electron chi connectivity index (χ2n) is 7.29. The van der Waals surface area contributed by atoms with E-state index < -0.39 is 0 Å². The van der Waals surface area contributed by atoms with E-state index in [1.165, 1.54) is 11.1 Å². The fraction of sp³-hybridized carbons (Fsp3) is 0.409.